The van der Waals surface area contributed by atoms with E-state index in [4.69, 9.17) is 10.5 Å². The smallest absolute Gasteiger partial charge is 0.239 e. The van der Waals surface area contributed by atoms with Gasteiger partial charge in [0.2, 0.25) is 15.9 Å². The number of phenolic OH excluding ortho intramolecular Hbond substituents is 1. The third kappa shape index (κ3) is 5.84. The zero-order chi connectivity index (χ0) is 20.9. The fourth-order valence-electron chi connectivity index (χ4n) is 2.57. The standard InChI is InChI=1S/C18H23N3O6S/c1-27-13-6-3-11(4-7-13)17(18(19)24)20-10-16(23)12-5-8-15(22)14(9-12)21-28(2,25)26/h3-9,16-17,20-23H,10H2,1-2H3,(H2,19,24)/t16-,17+/m0/s1. The summed E-state index contributed by atoms with van der Waals surface area (Å²) in [6.07, 6.45) is -0.135. The molecule has 2 atom stereocenters. The van der Waals surface area contributed by atoms with E-state index in [0.29, 0.717) is 16.9 Å². The van der Waals surface area contributed by atoms with E-state index >= 15 is 0 Å². The van der Waals surface area contributed by atoms with Crippen molar-refractivity contribution in [2.45, 2.75) is 12.1 Å². The summed E-state index contributed by atoms with van der Waals surface area (Å²) in [6.45, 7) is -0.0390. The van der Waals surface area contributed by atoms with Gasteiger partial charge >= 0.3 is 0 Å². The van der Waals surface area contributed by atoms with Gasteiger partial charge in [-0.1, -0.05) is 18.2 Å². The van der Waals surface area contributed by atoms with Crippen molar-refractivity contribution < 1.29 is 28.2 Å². The van der Waals surface area contributed by atoms with Gasteiger partial charge in [0.25, 0.3) is 0 Å². The monoisotopic (exact) mass is 409 g/mol. The van der Waals surface area contributed by atoms with E-state index in [1.54, 1.807) is 24.3 Å². The summed E-state index contributed by atoms with van der Waals surface area (Å²) in [4.78, 5) is 11.8. The molecule has 1 amide bonds. The highest BCUT2D eigenvalue weighted by atomic mass is 32.2. The van der Waals surface area contributed by atoms with Gasteiger partial charge in [0.05, 0.1) is 25.2 Å². The van der Waals surface area contributed by atoms with E-state index < -0.39 is 28.1 Å². The molecular weight excluding hydrogens is 386 g/mol. The number of amides is 1. The molecule has 0 heterocycles. The van der Waals surface area contributed by atoms with Gasteiger partial charge < -0.3 is 20.7 Å². The van der Waals surface area contributed by atoms with E-state index in [1.807, 2.05) is 0 Å². The third-order valence-electron chi connectivity index (χ3n) is 3.95. The molecule has 0 aliphatic heterocycles. The lowest BCUT2D eigenvalue weighted by Gasteiger charge is -2.19. The second kappa shape index (κ2) is 8.91. The number of aliphatic hydroxyl groups is 1. The second-order valence-electron chi connectivity index (χ2n) is 6.18. The summed E-state index contributed by atoms with van der Waals surface area (Å²) >= 11 is 0. The Balaban J connectivity index is 2.13. The van der Waals surface area contributed by atoms with Crippen molar-refractivity contribution >= 4 is 21.6 Å². The molecule has 0 bridgehead atoms. The van der Waals surface area contributed by atoms with Crippen LogP contribution in [-0.2, 0) is 14.8 Å². The predicted octanol–water partition coefficient (Wildman–Crippen LogP) is 0.622. The van der Waals surface area contributed by atoms with Crippen molar-refractivity contribution in [3.63, 3.8) is 0 Å². The third-order valence-corrected chi connectivity index (χ3v) is 4.54. The number of rotatable bonds is 9. The number of carbonyl (C=O) groups is 1. The Morgan fingerprint density at radius 1 is 1.18 bits per heavy atom. The summed E-state index contributed by atoms with van der Waals surface area (Å²) in [5, 5.41) is 23.1. The van der Waals surface area contributed by atoms with E-state index in [1.165, 1.54) is 25.3 Å². The maximum absolute atomic E-state index is 11.8. The molecule has 6 N–H and O–H groups in total. The number of phenols is 1. The normalized spacial score (nSPS) is 13.5. The zero-order valence-electron chi connectivity index (χ0n) is 15.4. The Kier molecular flexibility index (Phi) is 6.84. The Bertz CT molecular complexity index is 931. The van der Waals surface area contributed by atoms with Gasteiger partial charge in [-0.15, -0.1) is 0 Å². The fraction of sp³-hybridized carbons (Fsp3) is 0.278. The van der Waals surface area contributed by atoms with Crippen molar-refractivity contribution in [3.8, 4) is 11.5 Å². The van der Waals surface area contributed by atoms with E-state index in [2.05, 4.69) is 10.0 Å². The number of sulfonamides is 1. The largest absolute Gasteiger partial charge is 0.506 e. The molecule has 28 heavy (non-hydrogen) atoms. The summed E-state index contributed by atoms with van der Waals surface area (Å²) in [6, 6.07) is 9.92. The predicted molar refractivity (Wildman–Crippen MR) is 104 cm³/mol. The molecule has 0 radical (unpaired) electrons. The minimum atomic E-state index is -3.60. The number of methoxy groups -OCH3 is 1. The van der Waals surface area contributed by atoms with Crippen LogP contribution in [0.4, 0.5) is 5.69 Å². The maximum Gasteiger partial charge on any atom is 0.239 e. The number of hydrogen-bond acceptors (Lipinski definition) is 7. The number of ether oxygens (including phenoxy) is 1. The van der Waals surface area contributed by atoms with Crippen LogP contribution < -0.4 is 20.5 Å². The number of nitrogens with one attached hydrogen (secondary N) is 2. The molecule has 152 valence electrons. The highest BCUT2D eigenvalue weighted by Crippen LogP contribution is 2.28. The van der Waals surface area contributed by atoms with Crippen LogP contribution in [0.1, 0.15) is 23.3 Å². The second-order valence-corrected chi connectivity index (χ2v) is 7.93. The molecule has 0 aromatic heterocycles. The minimum Gasteiger partial charge on any atom is -0.506 e. The van der Waals surface area contributed by atoms with E-state index in [0.717, 1.165) is 6.26 Å². The number of hydrogen-bond donors (Lipinski definition) is 5. The van der Waals surface area contributed by atoms with Crippen molar-refractivity contribution in [1.82, 2.24) is 5.32 Å². The SMILES string of the molecule is COc1ccc([C@@H](NC[C@H](O)c2ccc(O)c(NS(C)(=O)=O)c2)C(N)=O)cc1. The number of carbonyl (C=O) groups excluding carboxylic acids is 1. The van der Waals surface area contributed by atoms with Crippen molar-refractivity contribution in [2.24, 2.45) is 5.73 Å². The summed E-state index contributed by atoms with van der Waals surface area (Å²) < 4.78 is 30.0. The van der Waals surface area contributed by atoms with Gasteiger partial charge in [-0.3, -0.25) is 14.8 Å². The maximum atomic E-state index is 11.8. The number of primary amides is 1. The van der Waals surface area contributed by atoms with Gasteiger partial charge in [-0.2, -0.15) is 0 Å². The molecule has 2 aromatic carbocycles. The Labute approximate surface area is 163 Å². The van der Waals surface area contributed by atoms with Crippen LogP contribution in [0.15, 0.2) is 42.5 Å². The molecule has 0 unspecified atom stereocenters. The van der Waals surface area contributed by atoms with Gasteiger partial charge in [0, 0.05) is 6.54 Å². The lowest BCUT2D eigenvalue weighted by molar-refractivity contribution is -0.120. The molecular formula is C18H23N3O6S. The molecule has 2 rings (SSSR count). The molecule has 9 nitrogen and oxygen atoms in total. The van der Waals surface area contributed by atoms with Crippen LogP contribution in [0.5, 0.6) is 11.5 Å². The van der Waals surface area contributed by atoms with Crippen LogP contribution in [-0.4, -0.2) is 44.4 Å². The summed E-state index contributed by atoms with van der Waals surface area (Å²) in [7, 11) is -2.07. The van der Waals surface area contributed by atoms with Crippen molar-refractivity contribution in [1.29, 1.82) is 0 Å². The van der Waals surface area contributed by atoms with Crippen LogP contribution in [0.3, 0.4) is 0 Å². The number of aromatic hydroxyl groups is 1. The quantitative estimate of drug-likeness (QED) is 0.381. The minimum absolute atomic E-state index is 0.0390. The average molecular weight is 409 g/mol. The van der Waals surface area contributed by atoms with Gasteiger partial charge in [0.15, 0.2) is 0 Å². The Morgan fingerprint density at radius 3 is 2.32 bits per heavy atom. The first kappa shape index (κ1) is 21.5. The highest BCUT2D eigenvalue weighted by molar-refractivity contribution is 7.92. The molecule has 0 spiro atoms. The molecule has 0 aliphatic carbocycles. The van der Waals surface area contributed by atoms with Gasteiger partial charge in [-0.25, -0.2) is 8.42 Å². The molecule has 0 saturated heterocycles. The average Bonchev–Trinajstić information content (AvgIpc) is 2.62. The highest BCUT2D eigenvalue weighted by Gasteiger charge is 2.20. The number of anilines is 1. The van der Waals surface area contributed by atoms with Crippen LogP contribution in [0.2, 0.25) is 0 Å². The molecule has 2 aromatic rings. The molecule has 0 saturated carbocycles. The Morgan fingerprint density at radius 2 is 1.79 bits per heavy atom. The zero-order valence-corrected chi connectivity index (χ0v) is 16.2. The number of nitrogens with two attached hydrogens (primary N) is 1. The van der Waals surface area contributed by atoms with E-state index in [9.17, 15) is 23.4 Å². The molecule has 0 aliphatic rings. The van der Waals surface area contributed by atoms with E-state index in [-0.39, 0.29) is 18.0 Å². The van der Waals surface area contributed by atoms with Crippen LogP contribution in [0.25, 0.3) is 0 Å². The first-order valence-electron chi connectivity index (χ1n) is 8.26. The van der Waals surface area contributed by atoms with Crippen LogP contribution >= 0.6 is 0 Å². The fourth-order valence-corrected chi connectivity index (χ4v) is 3.13. The lowest BCUT2D eigenvalue weighted by atomic mass is 10.0. The summed E-state index contributed by atoms with van der Waals surface area (Å²) in [5.74, 6) is -0.271. The van der Waals surface area contributed by atoms with Crippen molar-refractivity contribution in [2.75, 3.05) is 24.6 Å². The molecule has 0 fully saturated rings. The van der Waals surface area contributed by atoms with Gasteiger partial charge in [-0.05, 0) is 35.4 Å². The van der Waals surface area contributed by atoms with Gasteiger partial charge in [0.1, 0.15) is 17.5 Å². The first-order chi connectivity index (χ1) is 13.1. The Hall–Kier alpha value is -2.82. The van der Waals surface area contributed by atoms with Crippen LogP contribution in [0, 0.1) is 0 Å². The first-order valence-corrected chi connectivity index (χ1v) is 10.1. The summed E-state index contributed by atoms with van der Waals surface area (Å²) in [5.41, 5.74) is 6.34. The molecule has 10 heteroatoms. The number of benzene rings is 2. The lowest BCUT2D eigenvalue weighted by Crippen LogP contribution is -2.36. The van der Waals surface area contributed by atoms with Crippen molar-refractivity contribution in [3.05, 3.63) is 53.6 Å². The topological polar surface area (TPSA) is 151 Å². The number of aliphatic hydroxyl groups excluding tert-OH is 1.